The van der Waals surface area contributed by atoms with Gasteiger partial charge in [-0.15, -0.1) is 0 Å². The second-order valence-corrected chi connectivity index (χ2v) is 5.01. The SMILES string of the molecule is CCOC(=O)c1c(C)oc2nc3c(nc12)c(=O)n(C)c(=O)n3C. The van der Waals surface area contributed by atoms with Gasteiger partial charge in [0.2, 0.25) is 5.71 Å². The summed E-state index contributed by atoms with van der Waals surface area (Å²) in [5, 5.41) is 0. The maximum atomic E-state index is 12.3. The summed E-state index contributed by atoms with van der Waals surface area (Å²) in [5.41, 5.74) is -0.697. The Kier molecular flexibility index (Phi) is 3.28. The average molecular weight is 318 g/mol. The maximum Gasteiger partial charge on any atom is 0.344 e. The van der Waals surface area contributed by atoms with Crippen LogP contribution in [0, 0.1) is 6.92 Å². The number of nitrogens with zero attached hydrogens (tertiary/aromatic N) is 4. The maximum absolute atomic E-state index is 12.3. The van der Waals surface area contributed by atoms with Crippen LogP contribution in [0.4, 0.5) is 0 Å². The third kappa shape index (κ3) is 2.04. The minimum absolute atomic E-state index is 0.0200. The van der Waals surface area contributed by atoms with Gasteiger partial charge >= 0.3 is 11.7 Å². The molecular formula is C14H14N4O5. The van der Waals surface area contributed by atoms with Gasteiger partial charge < -0.3 is 9.15 Å². The molecule has 0 atom stereocenters. The lowest BCUT2D eigenvalue weighted by molar-refractivity contribution is 0.0526. The lowest BCUT2D eigenvalue weighted by atomic mass is 10.2. The molecule has 0 saturated heterocycles. The van der Waals surface area contributed by atoms with Gasteiger partial charge in [0.15, 0.2) is 11.2 Å². The van der Waals surface area contributed by atoms with E-state index in [2.05, 4.69) is 9.97 Å². The van der Waals surface area contributed by atoms with Crippen LogP contribution in [0.3, 0.4) is 0 Å². The van der Waals surface area contributed by atoms with Gasteiger partial charge in [0, 0.05) is 14.1 Å². The monoisotopic (exact) mass is 318 g/mol. The Morgan fingerprint density at radius 1 is 1.17 bits per heavy atom. The van der Waals surface area contributed by atoms with Gasteiger partial charge in [-0.2, -0.15) is 4.98 Å². The minimum atomic E-state index is -0.598. The van der Waals surface area contributed by atoms with Crippen molar-refractivity contribution in [1.29, 1.82) is 0 Å². The molecule has 0 unspecified atom stereocenters. The molecule has 9 heteroatoms. The van der Waals surface area contributed by atoms with Gasteiger partial charge in [-0.1, -0.05) is 0 Å². The van der Waals surface area contributed by atoms with Gasteiger partial charge in [-0.05, 0) is 13.8 Å². The van der Waals surface area contributed by atoms with Crippen molar-refractivity contribution in [3.8, 4) is 0 Å². The van der Waals surface area contributed by atoms with E-state index in [0.717, 1.165) is 4.57 Å². The first-order valence-corrected chi connectivity index (χ1v) is 6.90. The van der Waals surface area contributed by atoms with E-state index in [-0.39, 0.29) is 40.3 Å². The lowest BCUT2D eigenvalue weighted by Gasteiger charge is -2.05. The van der Waals surface area contributed by atoms with Crippen molar-refractivity contribution in [2.75, 3.05) is 6.61 Å². The van der Waals surface area contributed by atoms with Crippen molar-refractivity contribution in [3.63, 3.8) is 0 Å². The van der Waals surface area contributed by atoms with Crippen LogP contribution >= 0.6 is 0 Å². The van der Waals surface area contributed by atoms with Crippen LogP contribution in [-0.4, -0.2) is 31.7 Å². The molecule has 0 aliphatic heterocycles. The number of fused-ring (bicyclic) bond motifs is 2. The van der Waals surface area contributed by atoms with Crippen LogP contribution in [0.2, 0.25) is 0 Å². The van der Waals surface area contributed by atoms with E-state index >= 15 is 0 Å². The topological polar surface area (TPSA) is 109 Å². The molecule has 0 aliphatic rings. The van der Waals surface area contributed by atoms with Gasteiger partial charge in [-0.3, -0.25) is 13.9 Å². The van der Waals surface area contributed by atoms with Crippen LogP contribution in [-0.2, 0) is 18.8 Å². The normalized spacial score (nSPS) is 11.3. The van der Waals surface area contributed by atoms with Crippen LogP contribution in [0.5, 0.6) is 0 Å². The highest BCUT2D eigenvalue weighted by molar-refractivity contribution is 6.03. The molecule has 0 N–H and O–H groups in total. The van der Waals surface area contributed by atoms with E-state index in [9.17, 15) is 14.4 Å². The highest BCUT2D eigenvalue weighted by Crippen LogP contribution is 2.24. The number of furan rings is 1. The molecule has 3 rings (SSSR count). The van der Waals surface area contributed by atoms with Gasteiger partial charge in [0.25, 0.3) is 5.56 Å². The number of hydrogen-bond acceptors (Lipinski definition) is 7. The zero-order valence-corrected chi connectivity index (χ0v) is 13.0. The fourth-order valence-electron chi connectivity index (χ4n) is 2.39. The molecule has 3 heterocycles. The standard InChI is InChI=1S/C14H14N4O5/c1-5-22-13(20)7-6(2)23-11-8(7)15-9-10(16-11)17(3)14(21)18(4)12(9)19/h5H2,1-4H3. The van der Waals surface area contributed by atoms with Crippen LogP contribution in [0.25, 0.3) is 22.4 Å². The Bertz CT molecular complexity index is 1070. The summed E-state index contributed by atoms with van der Waals surface area (Å²) >= 11 is 0. The summed E-state index contributed by atoms with van der Waals surface area (Å²) in [4.78, 5) is 44.7. The fraction of sp³-hybridized carbons (Fsp3) is 0.357. The first-order valence-electron chi connectivity index (χ1n) is 6.90. The number of aromatic nitrogens is 4. The first-order chi connectivity index (χ1) is 10.9. The molecule has 0 spiro atoms. The fourth-order valence-corrected chi connectivity index (χ4v) is 2.39. The van der Waals surface area contributed by atoms with Gasteiger partial charge in [0.05, 0.1) is 6.61 Å². The highest BCUT2D eigenvalue weighted by atomic mass is 16.5. The number of carbonyl (C=O) groups is 1. The number of hydrogen-bond donors (Lipinski definition) is 0. The predicted octanol–water partition coefficient (Wildman–Crippen LogP) is 0.259. The molecule has 9 nitrogen and oxygen atoms in total. The molecule has 0 aliphatic carbocycles. The highest BCUT2D eigenvalue weighted by Gasteiger charge is 2.24. The summed E-state index contributed by atoms with van der Waals surface area (Å²) in [6, 6.07) is 0. The number of aryl methyl sites for hydroxylation is 2. The van der Waals surface area contributed by atoms with E-state index in [0.29, 0.717) is 0 Å². The second kappa shape index (κ2) is 5.04. The summed E-state index contributed by atoms with van der Waals surface area (Å²) in [5.74, 6) is -0.311. The smallest absolute Gasteiger partial charge is 0.344 e. The summed E-state index contributed by atoms with van der Waals surface area (Å²) < 4.78 is 12.5. The summed E-state index contributed by atoms with van der Waals surface area (Å²) in [7, 11) is 2.83. The molecule has 23 heavy (non-hydrogen) atoms. The lowest BCUT2D eigenvalue weighted by Crippen LogP contribution is -2.37. The molecule has 0 radical (unpaired) electrons. The molecule has 0 saturated carbocycles. The zero-order valence-electron chi connectivity index (χ0n) is 13.0. The predicted molar refractivity (Wildman–Crippen MR) is 80.5 cm³/mol. The van der Waals surface area contributed by atoms with Gasteiger partial charge in [0.1, 0.15) is 16.8 Å². The van der Waals surface area contributed by atoms with E-state index in [1.54, 1.807) is 13.8 Å². The second-order valence-electron chi connectivity index (χ2n) is 5.01. The van der Waals surface area contributed by atoms with E-state index in [4.69, 9.17) is 9.15 Å². The van der Waals surface area contributed by atoms with E-state index in [1.807, 2.05) is 0 Å². The summed E-state index contributed by atoms with van der Waals surface area (Å²) in [6.07, 6.45) is 0. The molecular weight excluding hydrogens is 304 g/mol. The molecule has 0 fully saturated rings. The Balaban J connectivity index is 2.47. The molecule has 0 bridgehead atoms. The molecule has 3 aromatic rings. The number of ether oxygens (including phenoxy) is 1. The van der Waals surface area contributed by atoms with Gasteiger partial charge in [-0.25, -0.2) is 14.6 Å². The third-order valence-corrected chi connectivity index (χ3v) is 3.56. The number of carbonyl (C=O) groups excluding carboxylic acids is 1. The van der Waals surface area contributed by atoms with E-state index < -0.39 is 17.2 Å². The quantitative estimate of drug-likeness (QED) is 0.623. The average Bonchev–Trinajstić information content (AvgIpc) is 2.84. The summed E-state index contributed by atoms with van der Waals surface area (Å²) in [6.45, 7) is 3.46. The Morgan fingerprint density at radius 3 is 2.52 bits per heavy atom. The van der Waals surface area contributed by atoms with Crippen molar-refractivity contribution in [2.24, 2.45) is 14.1 Å². The van der Waals surface area contributed by atoms with Crippen molar-refractivity contribution >= 4 is 28.4 Å². The minimum Gasteiger partial charge on any atom is -0.462 e. The molecule has 0 amide bonds. The first kappa shape index (κ1) is 14.9. The van der Waals surface area contributed by atoms with Crippen molar-refractivity contribution in [1.82, 2.24) is 19.1 Å². The third-order valence-electron chi connectivity index (χ3n) is 3.56. The molecule has 3 aromatic heterocycles. The Morgan fingerprint density at radius 2 is 1.87 bits per heavy atom. The van der Waals surface area contributed by atoms with Crippen molar-refractivity contribution in [3.05, 3.63) is 32.2 Å². The van der Waals surface area contributed by atoms with Crippen LogP contribution in [0.15, 0.2) is 14.0 Å². The van der Waals surface area contributed by atoms with Crippen molar-refractivity contribution in [2.45, 2.75) is 13.8 Å². The Hall–Kier alpha value is -2.97. The van der Waals surface area contributed by atoms with Crippen LogP contribution < -0.4 is 11.2 Å². The van der Waals surface area contributed by atoms with Crippen LogP contribution in [0.1, 0.15) is 23.0 Å². The molecule has 120 valence electrons. The number of esters is 1. The Labute approximate surface area is 129 Å². The molecule has 0 aromatic carbocycles. The van der Waals surface area contributed by atoms with Crippen molar-refractivity contribution < 1.29 is 13.9 Å². The number of rotatable bonds is 2. The van der Waals surface area contributed by atoms with E-state index in [1.165, 1.54) is 18.7 Å². The largest absolute Gasteiger partial charge is 0.462 e. The zero-order chi connectivity index (χ0) is 16.9.